The third-order valence-corrected chi connectivity index (χ3v) is 2.54. The zero-order chi connectivity index (χ0) is 14.0. The van der Waals surface area contributed by atoms with Crippen molar-refractivity contribution in [3.05, 3.63) is 24.3 Å². The second-order valence-electron chi connectivity index (χ2n) is 4.44. The Hall–Kier alpha value is -1.59. The monoisotopic (exact) mass is 262 g/mol. The minimum atomic E-state index is -5.05. The number of esters is 1. The van der Waals surface area contributed by atoms with E-state index < -0.39 is 29.4 Å². The smallest absolute Gasteiger partial charge is 0.451 e. The number of alkyl halides is 3. The highest BCUT2D eigenvalue weighted by atomic mass is 19.4. The summed E-state index contributed by atoms with van der Waals surface area (Å²) >= 11 is 0. The van der Waals surface area contributed by atoms with Crippen LogP contribution >= 0.6 is 0 Å². The Morgan fingerprint density at radius 2 is 1.83 bits per heavy atom. The van der Waals surface area contributed by atoms with Gasteiger partial charge in [0.15, 0.2) is 0 Å². The van der Waals surface area contributed by atoms with Gasteiger partial charge in [0.1, 0.15) is 11.5 Å². The molecule has 6 heteroatoms. The quantitative estimate of drug-likeness (QED) is 0.580. The van der Waals surface area contributed by atoms with E-state index in [0.717, 1.165) is 13.8 Å². The van der Waals surface area contributed by atoms with E-state index in [1.165, 1.54) is 0 Å². The summed E-state index contributed by atoms with van der Waals surface area (Å²) in [5.74, 6) is -3.27. The number of allylic oxidation sites excluding steroid dienone is 2. The number of carbonyl (C=O) groups is 2. The fourth-order valence-electron chi connectivity index (χ4n) is 1.38. The first kappa shape index (κ1) is 14.5. The maximum atomic E-state index is 12.3. The van der Waals surface area contributed by atoms with Gasteiger partial charge in [-0.25, -0.2) is 0 Å². The zero-order valence-corrected chi connectivity index (χ0v) is 9.95. The minimum Gasteiger partial charge on any atom is -0.457 e. The van der Waals surface area contributed by atoms with Gasteiger partial charge in [0.05, 0.1) is 0 Å². The number of carbonyl (C=O) groups excluding carboxylic acids is 2. The summed E-state index contributed by atoms with van der Waals surface area (Å²) in [5.41, 5.74) is -2.23. The van der Waals surface area contributed by atoms with Crippen LogP contribution in [0.2, 0.25) is 0 Å². The molecule has 100 valence electrons. The van der Waals surface area contributed by atoms with Crippen molar-refractivity contribution in [2.24, 2.45) is 5.41 Å². The van der Waals surface area contributed by atoms with Crippen LogP contribution in [-0.2, 0) is 14.3 Å². The van der Waals surface area contributed by atoms with Gasteiger partial charge in [-0.3, -0.25) is 9.59 Å². The fourth-order valence-corrected chi connectivity index (χ4v) is 1.38. The number of rotatable bonds is 3. The molecule has 1 atom stereocenters. The topological polar surface area (TPSA) is 43.4 Å². The predicted octanol–water partition coefficient (Wildman–Crippen LogP) is 2.57. The first-order valence-corrected chi connectivity index (χ1v) is 5.31. The number of ether oxygens (including phenoxy) is 1. The average molecular weight is 262 g/mol. The molecular formula is C12H13F3O3. The summed E-state index contributed by atoms with van der Waals surface area (Å²) in [6.45, 7) is 1.82. The molecule has 1 unspecified atom stereocenters. The lowest BCUT2D eigenvalue weighted by Gasteiger charge is -2.25. The Balaban J connectivity index is 2.73. The summed E-state index contributed by atoms with van der Waals surface area (Å²) in [6.07, 6.45) is 1.34. The normalized spacial score (nSPS) is 19.7. The van der Waals surface area contributed by atoms with E-state index in [1.807, 2.05) is 0 Å². The van der Waals surface area contributed by atoms with Crippen molar-refractivity contribution < 1.29 is 27.5 Å². The maximum absolute atomic E-state index is 12.3. The van der Waals surface area contributed by atoms with Gasteiger partial charge >= 0.3 is 12.1 Å². The Morgan fingerprint density at radius 3 is 2.28 bits per heavy atom. The van der Waals surface area contributed by atoms with Crippen molar-refractivity contribution in [3.63, 3.8) is 0 Å². The number of halogens is 3. The molecule has 0 aliphatic heterocycles. The molecule has 0 bridgehead atoms. The van der Waals surface area contributed by atoms with Crippen LogP contribution in [0, 0.1) is 5.41 Å². The summed E-state index contributed by atoms with van der Waals surface area (Å²) in [5, 5.41) is 0. The third kappa shape index (κ3) is 3.21. The van der Waals surface area contributed by atoms with E-state index >= 15 is 0 Å². The first-order valence-electron chi connectivity index (χ1n) is 5.31. The lowest BCUT2D eigenvalue weighted by molar-refractivity contribution is -0.188. The fraction of sp³-hybridized carbons (Fsp3) is 0.500. The molecule has 0 saturated carbocycles. The molecule has 1 rings (SSSR count). The molecule has 3 nitrogen and oxygen atoms in total. The molecule has 0 aromatic heterocycles. The SMILES string of the molecule is CC(C)(C(=O)OC1C=CC=CC1)C(=O)C(F)(F)F. The summed E-state index contributed by atoms with van der Waals surface area (Å²) < 4.78 is 41.8. The largest absolute Gasteiger partial charge is 0.457 e. The van der Waals surface area contributed by atoms with Crippen molar-refractivity contribution in [1.29, 1.82) is 0 Å². The van der Waals surface area contributed by atoms with E-state index in [1.54, 1.807) is 24.3 Å². The molecular weight excluding hydrogens is 249 g/mol. The first-order chi connectivity index (χ1) is 8.15. The van der Waals surface area contributed by atoms with Crippen LogP contribution in [-0.4, -0.2) is 24.0 Å². The minimum absolute atomic E-state index is 0.387. The molecule has 0 N–H and O–H groups in total. The Morgan fingerprint density at radius 1 is 1.22 bits per heavy atom. The van der Waals surface area contributed by atoms with Crippen molar-refractivity contribution >= 4 is 11.8 Å². The Kier molecular flexibility index (Phi) is 3.98. The van der Waals surface area contributed by atoms with Gasteiger partial charge in [-0.05, 0) is 19.9 Å². The lowest BCUT2D eigenvalue weighted by Crippen LogP contribution is -2.44. The van der Waals surface area contributed by atoms with Crippen LogP contribution in [0.15, 0.2) is 24.3 Å². The zero-order valence-electron chi connectivity index (χ0n) is 9.95. The predicted molar refractivity (Wildman–Crippen MR) is 57.6 cm³/mol. The molecule has 0 aromatic carbocycles. The molecule has 0 saturated heterocycles. The number of hydrogen-bond donors (Lipinski definition) is 0. The van der Waals surface area contributed by atoms with Crippen LogP contribution in [0.4, 0.5) is 13.2 Å². The number of hydrogen-bond acceptors (Lipinski definition) is 3. The van der Waals surface area contributed by atoms with Gasteiger partial charge in [-0.2, -0.15) is 13.2 Å². The highest BCUT2D eigenvalue weighted by Crippen LogP contribution is 2.31. The lowest BCUT2D eigenvalue weighted by atomic mass is 9.87. The molecule has 1 aliphatic rings. The summed E-state index contributed by atoms with van der Waals surface area (Å²) in [6, 6.07) is 0. The summed E-state index contributed by atoms with van der Waals surface area (Å²) in [4.78, 5) is 22.7. The van der Waals surface area contributed by atoms with Gasteiger partial charge in [-0.1, -0.05) is 18.2 Å². The van der Waals surface area contributed by atoms with Gasteiger partial charge < -0.3 is 4.74 Å². The average Bonchev–Trinajstić information content (AvgIpc) is 2.28. The number of ketones is 1. The molecule has 0 heterocycles. The molecule has 0 spiro atoms. The van der Waals surface area contributed by atoms with Crippen molar-refractivity contribution in [2.75, 3.05) is 0 Å². The third-order valence-electron chi connectivity index (χ3n) is 2.54. The van der Waals surface area contributed by atoms with Crippen LogP contribution < -0.4 is 0 Å². The Labute approximate surface area is 102 Å². The van der Waals surface area contributed by atoms with Crippen LogP contribution in [0.5, 0.6) is 0 Å². The van der Waals surface area contributed by atoms with Gasteiger partial charge in [0.25, 0.3) is 5.78 Å². The van der Waals surface area contributed by atoms with E-state index in [0.29, 0.717) is 6.42 Å². The van der Waals surface area contributed by atoms with E-state index in [4.69, 9.17) is 4.74 Å². The standard InChI is InChI=1S/C12H13F3O3/c1-11(2,9(16)12(13,14)15)10(17)18-8-6-4-3-5-7-8/h3-6,8H,7H2,1-2H3. The van der Waals surface area contributed by atoms with Gasteiger partial charge in [0, 0.05) is 6.42 Å². The molecule has 1 aliphatic carbocycles. The van der Waals surface area contributed by atoms with Crippen LogP contribution in [0.25, 0.3) is 0 Å². The van der Waals surface area contributed by atoms with Gasteiger partial charge in [0.2, 0.25) is 0 Å². The number of Topliss-reactive ketones (excluding diaryl/α,β-unsaturated/α-hetero) is 1. The summed E-state index contributed by atoms with van der Waals surface area (Å²) in [7, 11) is 0. The second-order valence-corrected chi connectivity index (χ2v) is 4.44. The van der Waals surface area contributed by atoms with Crippen LogP contribution in [0.3, 0.4) is 0 Å². The highest BCUT2D eigenvalue weighted by Gasteiger charge is 2.52. The van der Waals surface area contributed by atoms with Crippen molar-refractivity contribution in [2.45, 2.75) is 32.5 Å². The van der Waals surface area contributed by atoms with Crippen molar-refractivity contribution in [1.82, 2.24) is 0 Å². The highest BCUT2D eigenvalue weighted by molar-refractivity contribution is 6.05. The van der Waals surface area contributed by atoms with E-state index in [9.17, 15) is 22.8 Å². The molecule has 0 fully saturated rings. The van der Waals surface area contributed by atoms with Crippen LogP contribution in [0.1, 0.15) is 20.3 Å². The van der Waals surface area contributed by atoms with E-state index in [-0.39, 0.29) is 0 Å². The van der Waals surface area contributed by atoms with Gasteiger partial charge in [-0.15, -0.1) is 0 Å². The molecule has 0 amide bonds. The molecule has 18 heavy (non-hydrogen) atoms. The molecule has 0 radical (unpaired) electrons. The second kappa shape index (κ2) is 4.96. The molecule has 0 aromatic rings. The van der Waals surface area contributed by atoms with E-state index in [2.05, 4.69) is 0 Å². The van der Waals surface area contributed by atoms with Crippen molar-refractivity contribution in [3.8, 4) is 0 Å². The Bertz CT molecular complexity index is 405. The maximum Gasteiger partial charge on any atom is 0.451 e.